The van der Waals surface area contributed by atoms with Crippen LogP contribution >= 0.6 is 28.1 Å². The van der Waals surface area contributed by atoms with E-state index in [0.29, 0.717) is 17.4 Å². The number of anilines is 1. The first kappa shape index (κ1) is 24.2. The molecule has 1 amide bonds. The lowest BCUT2D eigenvalue weighted by Gasteiger charge is -2.11. The van der Waals surface area contributed by atoms with Crippen LogP contribution in [0.5, 0.6) is 0 Å². The molecule has 36 heavy (non-hydrogen) atoms. The molecule has 0 aliphatic carbocycles. The fourth-order valence-corrected chi connectivity index (χ4v) is 4.82. The van der Waals surface area contributed by atoms with Gasteiger partial charge in [-0.15, -0.1) is 0 Å². The zero-order chi connectivity index (χ0) is 25.2. The van der Waals surface area contributed by atoms with Crippen molar-refractivity contribution in [2.24, 2.45) is 0 Å². The Morgan fingerprint density at radius 2 is 1.78 bits per heavy atom. The molecule has 1 atom stereocenters. The third-order valence-corrected chi connectivity index (χ3v) is 7.22. The van der Waals surface area contributed by atoms with Gasteiger partial charge in [-0.2, -0.15) is 0 Å². The SMILES string of the molecule is CCC(C)c1ccc2oc(-c3ccc(NC(=S)NC(=O)c4cccc5c(Br)cccc45)cc3)nc2c1. The molecular formula is C29H24BrN3O2S. The number of carbonyl (C=O) groups excluding carboxylic acids is 1. The molecule has 0 bridgehead atoms. The number of aromatic nitrogens is 1. The van der Waals surface area contributed by atoms with Crippen LogP contribution in [-0.2, 0) is 0 Å². The van der Waals surface area contributed by atoms with Crippen molar-refractivity contribution in [1.29, 1.82) is 0 Å². The topological polar surface area (TPSA) is 67.2 Å². The van der Waals surface area contributed by atoms with Crippen LogP contribution in [0.3, 0.4) is 0 Å². The molecular weight excluding hydrogens is 534 g/mol. The lowest BCUT2D eigenvalue weighted by molar-refractivity contribution is 0.0979. The molecule has 1 aromatic heterocycles. The van der Waals surface area contributed by atoms with Crippen LogP contribution in [0.25, 0.3) is 33.3 Å². The molecule has 0 radical (unpaired) electrons. The van der Waals surface area contributed by atoms with Crippen LogP contribution in [0.15, 0.2) is 87.8 Å². The molecule has 0 aliphatic heterocycles. The van der Waals surface area contributed by atoms with E-state index in [-0.39, 0.29) is 11.0 Å². The third kappa shape index (κ3) is 4.90. The molecule has 5 aromatic rings. The van der Waals surface area contributed by atoms with Crippen LogP contribution in [0.1, 0.15) is 42.1 Å². The molecule has 5 nitrogen and oxygen atoms in total. The van der Waals surface area contributed by atoms with E-state index in [1.807, 2.05) is 60.7 Å². The summed E-state index contributed by atoms with van der Waals surface area (Å²) in [5.74, 6) is 0.777. The Bertz CT molecular complexity index is 1590. The summed E-state index contributed by atoms with van der Waals surface area (Å²) in [6.45, 7) is 4.39. The van der Waals surface area contributed by atoms with Gasteiger partial charge in [-0.05, 0) is 89.4 Å². The Labute approximate surface area is 223 Å². The van der Waals surface area contributed by atoms with Crippen LogP contribution < -0.4 is 10.6 Å². The summed E-state index contributed by atoms with van der Waals surface area (Å²) in [5, 5.41) is 7.89. The van der Waals surface area contributed by atoms with Crippen molar-refractivity contribution in [1.82, 2.24) is 10.3 Å². The predicted molar refractivity (Wildman–Crippen MR) is 153 cm³/mol. The average molecular weight is 559 g/mol. The van der Waals surface area contributed by atoms with Gasteiger partial charge < -0.3 is 9.73 Å². The number of rotatable bonds is 5. The number of hydrogen-bond acceptors (Lipinski definition) is 4. The summed E-state index contributed by atoms with van der Waals surface area (Å²) in [6, 6.07) is 25.1. The summed E-state index contributed by atoms with van der Waals surface area (Å²) in [5.41, 5.74) is 5.05. The molecule has 1 heterocycles. The van der Waals surface area contributed by atoms with Crippen molar-refractivity contribution in [2.75, 3.05) is 5.32 Å². The van der Waals surface area contributed by atoms with Gasteiger partial charge in [0.15, 0.2) is 10.7 Å². The van der Waals surface area contributed by atoms with Crippen molar-refractivity contribution >= 4 is 66.7 Å². The largest absolute Gasteiger partial charge is 0.436 e. The van der Waals surface area contributed by atoms with Gasteiger partial charge in [-0.25, -0.2) is 4.98 Å². The normalized spacial score (nSPS) is 12.0. The molecule has 0 saturated heterocycles. The Balaban J connectivity index is 1.28. The number of hydrogen-bond donors (Lipinski definition) is 2. The van der Waals surface area contributed by atoms with Gasteiger partial charge in [0.2, 0.25) is 5.89 Å². The quantitative estimate of drug-likeness (QED) is 0.214. The number of halogens is 1. The summed E-state index contributed by atoms with van der Waals surface area (Å²) < 4.78 is 6.91. The Hall–Kier alpha value is -3.55. The second-order valence-corrected chi connectivity index (χ2v) is 9.94. The molecule has 2 N–H and O–H groups in total. The molecule has 1 unspecified atom stereocenters. The van der Waals surface area contributed by atoms with Crippen LogP contribution in [0.4, 0.5) is 5.69 Å². The van der Waals surface area contributed by atoms with Crippen molar-refractivity contribution < 1.29 is 9.21 Å². The summed E-state index contributed by atoms with van der Waals surface area (Å²) in [7, 11) is 0. The standard InChI is InChI=1S/C29H24BrN3O2S/c1-3-17(2)19-12-15-26-25(16-19)32-28(35-26)18-10-13-20(14-11-18)31-29(36)33-27(34)23-8-4-7-22-21(23)6-5-9-24(22)30/h4-17H,3H2,1-2H3,(H2,31,33,34,36). The lowest BCUT2D eigenvalue weighted by atomic mass is 9.98. The first-order chi connectivity index (χ1) is 17.4. The number of nitrogens with zero attached hydrogens (tertiary/aromatic N) is 1. The van der Waals surface area contributed by atoms with Gasteiger partial charge in [-0.3, -0.25) is 10.1 Å². The number of benzene rings is 4. The van der Waals surface area contributed by atoms with Gasteiger partial charge in [-0.1, -0.05) is 60.1 Å². The van der Waals surface area contributed by atoms with E-state index in [2.05, 4.69) is 57.5 Å². The third-order valence-electron chi connectivity index (χ3n) is 6.32. The van der Waals surface area contributed by atoms with E-state index in [1.165, 1.54) is 5.56 Å². The van der Waals surface area contributed by atoms with E-state index >= 15 is 0 Å². The van der Waals surface area contributed by atoms with Gasteiger partial charge in [0, 0.05) is 21.3 Å². The van der Waals surface area contributed by atoms with Gasteiger partial charge in [0.05, 0.1) is 0 Å². The smallest absolute Gasteiger partial charge is 0.258 e. The van der Waals surface area contributed by atoms with E-state index in [4.69, 9.17) is 16.6 Å². The van der Waals surface area contributed by atoms with Crippen molar-refractivity contribution in [3.05, 3.63) is 94.5 Å². The monoisotopic (exact) mass is 557 g/mol. The summed E-state index contributed by atoms with van der Waals surface area (Å²) in [4.78, 5) is 17.6. The Kier molecular flexibility index (Phi) is 6.85. The van der Waals surface area contributed by atoms with Gasteiger partial charge in [0.25, 0.3) is 5.91 Å². The maximum Gasteiger partial charge on any atom is 0.258 e. The summed E-state index contributed by atoms with van der Waals surface area (Å²) >= 11 is 8.93. The van der Waals surface area contributed by atoms with Crippen LogP contribution in [0.2, 0.25) is 0 Å². The van der Waals surface area contributed by atoms with E-state index < -0.39 is 0 Å². The fourth-order valence-electron chi connectivity index (χ4n) is 4.11. The van der Waals surface area contributed by atoms with Crippen LogP contribution in [0, 0.1) is 0 Å². The Morgan fingerprint density at radius 1 is 1.03 bits per heavy atom. The number of amides is 1. The zero-order valence-electron chi connectivity index (χ0n) is 19.8. The van der Waals surface area contributed by atoms with Gasteiger partial charge >= 0.3 is 0 Å². The number of carbonyl (C=O) groups is 1. The maximum absolute atomic E-state index is 12.9. The minimum Gasteiger partial charge on any atom is -0.436 e. The number of oxazole rings is 1. The molecule has 5 rings (SSSR count). The second kappa shape index (κ2) is 10.2. The number of fused-ring (bicyclic) bond motifs is 2. The minimum atomic E-state index is -0.268. The number of nitrogens with one attached hydrogen (secondary N) is 2. The molecule has 180 valence electrons. The van der Waals surface area contributed by atoms with E-state index in [1.54, 1.807) is 6.07 Å². The highest BCUT2D eigenvalue weighted by molar-refractivity contribution is 9.10. The lowest BCUT2D eigenvalue weighted by Crippen LogP contribution is -2.34. The first-order valence-electron chi connectivity index (χ1n) is 11.7. The van der Waals surface area contributed by atoms with Crippen molar-refractivity contribution in [2.45, 2.75) is 26.2 Å². The van der Waals surface area contributed by atoms with Crippen molar-refractivity contribution in [3.8, 4) is 11.5 Å². The predicted octanol–water partition coefficient (Wildman–Crippen LogP) is 8.05. The highest BCUT2D eigenvalue weighted by Crippen LogP contribution is 2.29. The van der Waals surface area contributed by atoms with Crippen LogP contribution in [-0.4, -0.2) is 16.0 Å². The first-order valence-corrected chi connectivity index (χ1v) is 12.9. The van der Waals surface area contributed by atoms with Gasteiger partial charge in [0.1, 0.15) is 5.52 Å². The Morgan fingerprint density at radius 3 is 2.56 bits per heavy atom. The average Bonchev–Trinajstić information content (AvgIpc) is 3.32. The molecule has 0 aliphatic rings. The van der Waals surface area contributed by atoms with E-state index in [9.17, 15) is 4.79 Å². The van der Waals surface area contributed by atoms with Crippen molar-refractivity contribution in [3.63, 3.8) is 0 Å². The summed E-state index contributed by atoms with van der Waals surface area (Å²) in [6.07, 6.45) is 1.08. The highest BCUT2D eigenvalue weighted by Gasteiger charge is 2.14. The number of thiocarbonyl (C=S) groups is 1. The molecule has 0 fully saturated rings. The molecule has 0 saturated carbocycles. The molecule has 7 heteroatoms. The maximum atomic E-state index is 12.9. The minimum absolute atomic E-state index is 0.221. The van der Waals surface area contributed by atoms with E-state index in [0.717, 1.165) is 44.0 Å². The molecule has 0 spiro atoms. The second-order valence-electron chi connectivity index (χ2n) is 8.68. The zero-order valence-corrected chi connectivity index (χ0v) is 22.2. The highest BCUT2D eigenvalue weighted by atomic mass is 79.9. The fraction of sp³-hybridized carbons (Fsp3) is 0.138. The molecule has 4 aromatic carbocycles.